The van der Waals surface area contributed by atoms with E-state index in [1.165, 1.54) is 0 Å². The SMILES string of the molecule is CC(=O)C(=O)[O-].O. The molecule has 0 saturated carbocycles. The van der Waals surface area contributed by atoms with Crippen LogP contribution in [-0.2, 0) is 9.59 Å². The molecule has 4 nitrogen and oxygen atoms in total. The smallest absolute Gasteiger partial charge is 0.175 e. The van der Waals surface area contributed by atoms with Gasteiger partial charge in [0.25, 0.3) is 0 Å². The van der Waals surface area contributed by atoms with Gasteiger partial charge < -0.3 is 15.4 Å². The molecule has 42 valence electrons. The third-order valence-electron chi connectivity index (χ3n) is 0.287. The fourth-order valence-corrected chi connectivity index (χ4v) is 0. The number of rotatable bonds is 1. The predicted molar refractivity (Wildman–Crippen MR) is 19.3 cm³/mol. The molecule has 7 heavy (non-hydrogen) atoms. The molecule has 0 saturated heterocycles. The first-order valence-corrected chi connectivity index (χ1v) is 1.36. The minimum atomic E-state index is -1.63. The zero-order valence-corrected chi connectivity index (χ0v) is 3.72. The van der Waals surface area contributed by atoms with Crippen molar-refractivity contribution in [2.75, 3.05) is 0 Å². The second kappa shape index (κ2) is 3.30. The van der Waals surface area contributed by atoms with E-state index < -0.39 is 11.8 Å². The Balaban J connectivity index is 0. The van der Waals surface area contributed by atoms with Gasteiger partial charge in [0.2, 0.25) is 0 Å². The fraction of sp³-hybridized carbons (Fsp3) is 0.333. The Hall–Kier alpha value is -0.900. The third kappa shape index (κ3) is 5.10. The first-order valence-electron chi connectivity index (χ1n) is 1.36. The second-order valence-electron chi connectivity index (χ2n) is 0.844. The van der Waals surface area contributed by atoms with Crippen molar-refractivity contribution in [2.45, 2.75) is 6.92 Å². The van der Waals surface area contributed by atoms with Crippen LogP contribution in [0.1, 0.15) is 6.92 Å². The molecule has 4 heteroatoms. The third-order valence-corrected chi connectivity index (χ3v) is 0.287. The van der Waals surface area contributed by atoms with E-state index in [1.807, 2.05) is 0 Å². The van der Waals surface area contributed by atoms with Crippen LogP contribution in [0.3, 0.4) is 0 Å². The minimum Gasteiger partial charge on any atom is -0.542 e. The van der Waals surface area contributed by atoms with E-state index in [1.54, 1.807) is 0 Å². The summed E-state index contributed by atoms with van der Waals surface area (Å²) in [6, 6.07) is 0. The summed E-state index contributed by atoms with van der Waals surface area (Å²) in [6.45, 7) is 0.940. The summed E-state index contributed by atoms with van der Waals surface area (Å²) in [5.41, 5.74) is 0. The highest BCUT2D eigenvalue weighted by atomic mass is 16.4. The number of carbonyl (C=O) groups excluding carboxylic acids is 2. The zero-order chi connectivity index (χ0) is 5.15. The van der Waals surface area contributed by atoms with Crippen molar-refractivity contribution in [1.82, 2.24) is 0 Å². The topological polar surface area (TPSA) is 88.7 Å². The van der Waals surface area contributed by atoms with Crippen molar-refractivity contribution in [2.24, 2.45) is 0 Å². The molecule has 0 unspecified atom stereocenters. The number of carbonyl (C=O) groups is 2. The van der Waals surface area contributed by atoms with E-state index in [0.717, 1.165) is 6.92 Å². The van der Waals surface area contributed by atoms with Crippen molar-refractivity contribution >= 4 is 11.8 Å². The predicted octanol–water partition coefficient (Wildman–Crippen LogP) is -2.50. The quantitative estimate of drug-likeness (QED) is 0.345. The van der Waals surface area contributed by atoms with Gasteiger partial charge in [-0.05, 0) is 0 Å². The van der Waals surface area contributed by atoms with Crippen LogP contribution in [0.4, 0.5) is 0 Å². The van der Waals surface area contributed by atoms with Crippen LogP contribution in [0.25, 0.3) is 0 Å². The van der Waals surface area contributed by atoms with Gasteiger partial charge in [0.15, 0.2) is 5.78 Å². The first kappa shape index (κ1) is 9.44. The highest BCUT2D eigenvalue weighted by Gasteiger charge is 1.85. The van der Waals surface area contributed by atoms with Crippen molar-refractivity contribution in [3.63, 3.8) is 0 Å². The molecule has 0 fully saturated rings. The van der Waals surface area contributed by atoms with Gasteiger partial charge in [-0.3, -0.25) is 4.79 Å². The van der Waals surface area contributed by atoms with Crippen molar-refractivity contribution in [3.05, 3.63) is 0 Å². The molecule has 0 aromatic rings. The van der Waals surface area contributed by atoms with Crippen molar-refractivity contribution in [1.29, 1.82) is 0 Å². The normalized spacial score (nSPS) is 6.43. The standard InChI is InChI=1S/C3H4O3.H2O/c1-2(4)3(5)6;/h1H3,(H,5,6);1H2/p-1. The van der Waals surface area contributed by atoms with E-state index in [4.69, 9.17) is 0 Å². The van der Waals surface area contributed by atoms with Gasteiger partial charge in [-0.2, -0.15) is 0 Å². The summed E-state index contributed by atoms with van der Waals surface area (Å²) in [7, 11) is 0. The lowest BCUT2D eigenvalue weighted by molar-refractivity contribution is -0.299. The van der Waals surface area contributed by atoms with Gasteiger partial charge in [-0.1, -0.05) is 0 Å². The molecule has 0 aromatic carbocycles. The number of carboxylic acid groups (broad SMARTS) is 1. The Morgan fingerprint density at radius 2 is 1.57 bits per heavy atom. The molecule has 0 rings (SSSR count). The molecule has 0 spiro atoms. The van der Waals surface area contributed by atoms with E-state index in [9.17, 15) is 14.7 Å². The molecule has 0 bridgehead atoms. The number of Topliss-reactive ketones (excluding diaryl/α,β-unsaturated/α-hetero) is 1. The lowest BCUT2D eigenvalue weighted by atomic mass is 10.5. The maximum absolute atomic E-state index is 9.48. The lowest BCUT2D eigenvalue weighted by Crippen LogP contribution is -2.29. The summed E-state index contributed by atoms with van der Waals surface area (Å²) >= 11 is 0. The number of ketones is 1. The Morgan fingerprint density at radius 3 is 1.57 bits per heavy atom. The second-order valence-corrected chi connectivity index (χ2v) is 0.844. The average Bonchev–Trinajstić information content (AvgIpc) is 1.36. The van der Waals surface area contributed by atoms with Gasteiger partial charge in [0.1, 0.15) is 5.97 Å². The molecule has 0 aromatic heterocycles. The molecule has 0 heterocycles. The number of carboxylic acids is 1. The van der Waals surface area contributed by atoms with E-state index in [2.05, 4.69) is 0 Å². The highest BCUT2D eigenvalue weighted by Crippen LogP contribution is 1.56. The monoisotopic (exact) mass is 105 g/mol. The van der Waals surface area contributed by atoms with E-state index in [-0.39, 0.29) is 5.48 Å². The summed E-state index contributed by atoms with van der Waals surface area (Å²) in [5.74, 6) is -2.56. The summed E-state index contributed by atoms with van der Waals surface area (Å²) in [4.78, 5) is 18.7. The largest absolute Gasteiger partial charge is 0.542 e. The zero-order valence-electron chi connectivity index (χ0n) is 3.72. The number of hydrogen-bond donors (Lipinski definition) is 0. The van der Waals surface area contributed by atoms with Crippen LogP contribution in [0.2, 0.25) is 0 Å². The Labute approximate surface area is 40.1 Å². The lowest BCUT2D eigenvalue weighted by Gasteiger charge is -1.87. The van der Waals surface area contributed by atoms with Crippen molar-refractivity contribution < 1.29 is 20.2 Å². The Morgan fingerprint density at radius 1 is 1.43 bits per heavy atom. The molecule has 0 amide bonds. The molecule has 2 N–H and O–H groups in total. The molecule has 0 aliphatic heterocycles. The van der Waals surface area contributed by atoms with Gasteiger partial charge in [0.05, 0.1) is 0 Å². The Kier molecular flexibility index (Phi) is 4.44. The van der Waals surface area contributed by atoms with Crippen LogP contribution in [0, 0.1) is 0 Å². The Bertz CT molecular complexity index is 72.9. The van der Waals surface area contributed by atoms with Crippen molar-refractivity contribution in [3.8, 4) is 0 Å². The van der Waals surface area contributed by atoms with Crippen LogP contribution in [-0.4, -0.2) is 17.2 Å². The average molecular weight is 105 g/mol. The number of aliphatic carboxylic acids is 1. The summed E-state index contributed by atoms with van der Waals surface area (Å²) in [5, 5.41) is 9.24. The minimum absolute atomic E-state index is 0. The van der Waals surface area contributed by atoms with Crippen LogP contribution in [0.15, 0.2) is 0 Å². The molecular formula is C3H5O4-. The maximum atomic E-state index is 9.48. The molecule has 0 aliphatic carbocycles. The van der Waals surface area contributed by atoms with Crippen LogP contribution in [0.5, 0.6) is 0 Å². The maximum Gasteiger partial charge on any atom is 0.175 e. The van der Waals surface area contributed by atoms with Gasteiger partial charge >= 0.3 is 0 Å². The fourth-order valence-electron chi connectivity index (χ4n) is 0. The van der Waals surface area contributed by atoms with Gasteiger partial charge in [0, 0.05) is 6.92 Å². The first-order chi connectivity index (χ1) is 2.64. The highest BCUT2D eigenvalue weighted by molar-refractivity contribution is 6.30. The molecule has 0 atom stereocenters. The van der Waals surface area contributed by atoms with Gasteiger partial charge in [-0.25, -0.2) is 0 Å². The molecule has 0 radical (unpaired) electrons. The summed E-state index contributed by atoms with van der Waals surface area (Å²) < 4.78 is 0. The summed E-state index contributed by atoms with van der Waals surface area (Å²) in [6.07, 6.45) is 0. The van der Waals surface area contributed by atoms with E-state index >= 15 is 0 Å². The van der Waals surface area contributed by atoms with E-state index in [0.29, 0.717) is 0 Å². The van der Waals surface area contributed by atoms with Crippen LogP contribution < -0.4 is 5.11 Å². The van der Waals surface area contributed by atoms with Gasteiger partial charge in [-0.15, -0.1) is 0 Å². The molecular weight excluding hydrogens is 100 g/mol. The number of hydrogen-bond acceptors (Lipinski definition) is 3. The van der Waals surface area contributed by atoms with Crippen LogP contribution >= 0.6 is 0 Å². The molecule has 0 aliphatic rings.